The van der Waals surface area contributed by atoms with Gasteiger partial charge in [0.1, 0.15) is 11.6 Å². The maximum Gasteiger partial charge on any atom is 0.411 e. The number of carbonyl (C=O) groups is 2. The molecule has 7 nitrogen and oxygen atoms in total. The lowest BCUT2D eigenvalue weighted by Gasteiger charge is -2.34. The second-order valence-electron chi connectivity index (χ2n) is 5.56. The van der Waals surface area contributed by atoms with Gasteiger partial charge in [0.25, 0.3) is 0 Å². The summed E-state index contributed by atoms with van der Waals surface area (Å²) >= 11 is 0. The monoisotopic (exact) mass is 307 g/mol. The van der Waals surface area contributed by atoms with E-state index in [1.54, 1.807) is 27.7 Å². The Labute approximate surface area is 119 Å². The van der Waals surface area contributed by atoms with Crippen LogP contribution < -0.4 is 0 Å². The summed E-state index contributed by atoms with van der Waals surface area (Å²) in [5.74, 6) is -1.32. The van der Waals surface area contributed by atoms with Gasteiger partial charge in [-0.1, -0.05) is 0 Å². The van der Waals surface area contributed by atoms with Crippen LogP contribution in [-0.4, -0.2) is 61.7 Å². The van der Waals surface area contributed by atoms with E-state index in [1.807, 2.05) is 0 Å². The molecular formula is C12H21NO6S. The maximum absolute atomic E-state index is 12.0. The Bertz CT molecular complexity index is 479. The highest BCUT2D eigenvalue weighted by Crippen LogP contribution is 2.18. The van der Waals surface area contributed by atoms with E-state index in [9.17, 15) is 18.0 Å². The molecule has 1 aliphatic heterocycles. The summed E-state index contributed by atoms with van der Waals surface area (Å²) in [6, 6.07) is -1.14. The molecule has 0 aromatic carbocycles. The largest absolute Gasteiger partial charge is 0.464 e. The number of carbonyl (C=O) groups excluding carboxylic acids is 2. The number of rotatable bonds is 2. The van der Waals surface area contributed by atoms with Crippen molar-refractivity contribution in [1.29, 1.82) is 0 Å². The van der Waals surface area contributed by atoms with E-state index in [4.69, 9.17) is 9.47 Å². The second kappa shape index (κ2) is 5.99. The van der Waals surface area contributed by atoms with Crippen LogP contribution in [0.25, 0.3) is 0 Å². The number of esters is 1. The zero-order valence-corrected chi connectivity index (χ0v) is 13.0. The summed E-state index contributed by atoms with van der Waals surface area (Å²) in [6.45, 7) is 6.77. The number of ether oxygens (including phenoxy) is 2. The van der Waals surface area contributed by atoms with E-state index in [0.717, 1.165) is 4.90 Å². The van der Waals surface area contributed by atoms with Crippen molar-refractivity contribution < 1.29 is 27.5 Å². The van der Waals surface area contributed by atoms with Gasteiger partial charge >= 0.3 is 12.1 Å². The van der Waals surface area contributed by atoms with Gasteiger partial charge in [-0.05, 0) is 27.7 Å². The number of sulfone groups is 1. The molecule has 1 heterocycles. The van der Waals surface area contributed by atoms with Crippen LogP contribution in [0, 0.1) is 0 Å². The van der Waals surface area contributed by atoms with Crippen LogP contribution in [0.15, 0.2) is 0 Å². The molecule has 0 unspecified atom stereocenters. The molecular weight excluding hydrogens is 286 g/mol. The van der Waals surface area contributed by atoms with Crippen LogP contribution in [0.4, 0.5) is 4.79 Å². The van der Waals surface area contributed by atoms with E-state index in [1.165, 1.54) is 0 Å². The molecule has 8 heteroatoms. The van der Waals surface area contributed by atoms with Crippen LogP contribution >= 0.6 is 0 Å². The van der Waals surface area contributed by atoms with Crippen molar-refractivity contribution in [2.45, 2.75) is 39.3 Å². The predicted molar refractivity (Wildman–Crippen MR) is 72.0 cm³/mol. The van der Waals surface area contributed by atoms with Crippen LogP contribution in [0.2, 0.25) is 0 Å². The zero-order chi connectivity index (χ0) is 15.6. The van der Waals surface area contributed by atoms with Crippen molar-refractivity contribution >= 4 is 21.9 Å². The first-order valence-electron chi connectivity index (χ1n) is 6.42. The fourth-order valence-electron chi connectivity index (χ4n) is 1.78. The molecule has 0 N–H and O–H groups in total. The lowest BCUT2D eigenvalue weighted by Crippen LogP contribution is -2.56. The van der Waals surface area contributed by atoms with Crippen LogP contribution in [-0.2, 0) is 24.1 Å². The van der Waals surface area contributed by atoms with E-state index in [0.29, 0.717) is 0 Å². The highest BCUT2D eigenvalue weighted by atomic mass is 32.2. The van der Waals surface area contributed by atoms with Crippen LogP contribution in [0.1, 0.15) is 27.7 Å². The molecule has 0 aromatic heterocycles. The molecule has 1 amide bonds. The van der Waals surface area contributed by atoms with Gasteiger partial charge in [0.2, 0.25) is 0 Å². The number of hydrogen-bond acceptors (Lipinski definition) is 6. The smallest absolute Gasteiger partial charge is 0.411 e. The molecule has 0 aromatic rings. The molecule has 1 atom stereocenters. The van der Waals surface area contributed by atoms with E-state index >= 15 is 0 Å². The zero-order valence-electron chi connectivity index (χ0n) is 12.2. The molecule has 0 spiro atoms. The van der Waals surface area contributed by atoms with Crippen molar-refractivity contribution in [3.05, 3.63) is 0 Å². The average molecular weight is 307 g/mol. The quantitative estimate of drug-likeness (QED) is 0.693. The van der Waals surface area contributed by atoms with Crippen molar-refractivity contribution in [1.82, 2.24) is 4.90 Å². The van der Waals surface area contributed by atoms with Gasteiger partial charge in [0.05, 0.1) is 18.1 Å². The third kappa shape index (κ3) is 4.66. The third-order valence-corrected chi connectivity index (χ3v) is 4.25. The fourth-order valence-corrected chi connectivity index (χ4v) is 3.22. The fraction of sp³-hybridized carbons (Fsp3) is 0.833. The Kier molecular flexibility index (Phi) is 5.01. The first-order valence-corrected chi connectivity index (χ1v) is 8.24. The average Bonchev–Trinajstić information content (AvgIpc) is 2.25. The summed E-state index contributed by atoms with van der Waals surface area (Å²) in [5, 5.41) is 0. The number of amides is 1. The lowest BCUT2D eigenvalue weighted by molar-refractivity contribution is -0.148. The molecule has 20 heavy (non-hydrogen) atoms. The molecule has 1 aliphatic rings. The summed E-state index contributed by atoms with van der Waals surface area (Å²) in [7, 11) is -3.36. The molecule has 0 bridgehead atoms. The SMILES string of the molecule is CCOC(=O)[C@H]1CS(=O)(=O)CCN1C(=O)OC(C)(C)C. The van der Waals surface area contributed by atoms with Gasteiger partial charge in [-0.15, -0.1) is 0 Å². The minimum atomic E-state index is -3.36. The molecule has 1 fully saturated rings. The Morgan fingerprint density at radius 2 is 1.90 bits per heavy atom. The van der Waals surface area contributed by atoms with E-state index in [-0.39, 0.29) is 18.9 Å². The molecule has 0 aliphatic carbocycles. The molecule has 0 radical (unpaired) electrons. The minimum absolute atomic E-state index is 0.0687. The Balaban J connectivity index is 2.91. The van der Waals surface area contributed by atoms with Crippen molar-refractivity contribution in [3.8, 4) is 0 Å². The maximum atomic E-state index is 12.0. The summed E-state index contributed by atoms with van der Waals surface area (Å²) in [6.07, 6.45) is -0.703. The van der Waals surface area contributed by atoms with E-state index < -0.39 is 39.3 Å². The van der Waals surface area contributed by atoms with Gasteiger partial charge in [0, 0.05) is 6.54 Å². The first kappa shape index (κ1) is 16.7. The van der Waals surface area contributed by atoms with E-state index in [2.05, 4.69) is 0 Å². The van der Waals surface area contributed by atoms with Crippen molar-refractivity contribution in [3.63, 3.8) is 0 Å². The van der Waals surface area contributed by atoms with Gasteiger partial charge in [-0.2, -0.15) is 0 Å². The predicted octanol–water partition coefficient (Wildman–Crippen LogP) is 0.584. The van der Waals surface area contributed by atoms with Gasteiger partial charge in [-0.3, -0.25) is 4.90 Å². The van der Waals surface area contributed by atoms with Gasteiger partial charge in [0.15, 0.2) is 9.84 Å². The topological polar surface area (TPSA) is 90.0 Å². The highest BCUT2D eigenvalue weighted by molar-refractivity contribution is 7.91. The minimum Gasteiger partial charge on any atom is -0.464 e. The Morgan fingerprint density at radius 1 is 1.30 bits per heavy atom. The second-order valence-corrected chi connectivity index (χ2v) is 7.78. The Morgan fingerprint density at radius 3 is 2.40 bits per heavy atom. The standard InChI is InChI=1S/C12H21NO6S/c1-5-18-10(14)9-8-20(16,17)7-6-13(9)11(15)19-12(2,3)4/h9H,5-8H2,1-4H3/t9-/m1/s1. The highest BCUT2D eigenvalue weighted by Gasteiger charge is 2.41. The normalized spacial score (nSPS) is 22.2. The summed E-state index contributed by atoms with van der Waals surface area (Å²) in [5.41, 5.74) is -0.716. The molecule has 1 saturated heterocycles. The lowest BCUT2D eigenvalue weighted by atomic mass is 10.2. The van der Waals surface area contributed by atoms with Crippen molar-refractivity contribution in [2.75, 3.05) is 24.7 Å². The van der Waals surface area contributed by atoms with Gasteiger partial charge < -0.3 is 9.47 Å². The van der Waals surface area contributed by atoms with Gasteiger partial charge in [-0.25, -0.2) is 18.0 Å². The van der Waals surface area contributed by atoms with Crippen molar-refractivity contribution in [2.24, 2.45) is 0 Å². The molecule has 116 valence electrons. The third-order valence-electron chi connectivity index (χ3n) is 2.62. The van der Waals surface area contributed by atoms with Crippen LogP contribution in [0.3, 0.4) is 0 Å². The number of nitrogens with zero attached hydrogens (tertiary/aromatic N) is 1. The first-order chi connectivity index (χ1) is 9.06. The molecule has 1 rings (SSSR count). The summed E-state index contributed by atoms with van der Waals surface area (Å²) < 4.78 is 33.3. The molecule has 0 saturated carbocycles. The van der Waals surface area contributed by atoms with Crippen LogP contribution in [0.5, 0.6) is 0 Å². The summed E-state index contributed by atoms with van der Waals surface area (Å²) in [4.78, 5) is 25.0. The Hall–Kier alpha value is -1.31. The number of hydrogen-bond donors (Lipinski definition) is 0.